The van der Waals surface area contributed by atoms with E-state index in [4.69, 9.17) is 0 Å². The van der Waals surface area contributed by atoms with Gasteiger partial charge in [-0.15, -0.1) is 0 Å². The van der Waals surface area contributed by atoms with Crippen molar-refractivity contribution in [3.63, 3.8) is 0 Å². The first-order valence-electron chi connectivity index (χ1n) is 6.97. The molecule has 0 aromatic heterocycles. The molecular weight excluding hydrogens is 236 g/mol. The first-order chi connectivity index (χ1) is 9.22. The monoisotopic (exact) mass is 258 g/mol. The maximum atomic E-state index is 12.2. The molecule has 0 aliphatic rings. The van der Waals surface area contributed by atoms with Crippen molar-refractivity contribution in [2.75, 3.05) is 0 Å². The highest BCUT2D eigenvalue weighted by molar-refractivity contribution is 5.79. The van der Waals surface area contributed by atoms with Crippen molar-refractivity contribution < 1.29 is 4.79 Å². The van der Waals surface area contributed by atoms with E-state index in [1.807, 2.05) is 37.3 Å². The van der Waals surface area contributed by atoms with Crippen LogP contribution in [0.15, 0.2) is 30.3 Å². The van der Waals surface area contributed by atoms with Crippen molar-refractivity contribution in [2.24, 2.45) is 5.92 Å². The summed E-state index contributed by atoms with van der Waals surface area (Å²) >= 11 is 0. The van der Waals surface area contributed by atoms with Crippen molar-refractivity contribution in [3.8, 4) is 6.07 Å². The smallest absolute Gasteiger partial charge is 0.224 e. The Balaban J connectivity index is 2.65. The molecule has 1 aromatic rings. The van der Waals surface area contributed by atoms with Gasteiger partial charge in [-0.1, -0.05) is 57.0 Å². The van der Waals surface area contributed by atoms with Crippen LogP contribution >= 0.6 is 0 Å². The normalized spacial score (nSPS) is 13.3. The van der Waals surface area contributed by atoms with E-state index in [1.54, 1.807) is 0 Å². The fraction of sp³-hybridized carbons (Fsp3) is 0.500. The molecule has 0 heterocycles. The Morgan fingerprint density at radius 3 is 2.53 bits per heavy atom. The van der Waals surface area contributed by atoms with Gasteiger partial charge in [-0.3, -0.25) is 4.79 Å². The van der Waals surface area contributed by atoms with E-state index in [2.05, 4.69) is 18.3 Å². The molecule has 3 heteroatoms. The van der Waals surface area contributed by atoms with E-state index in [1.165, 1.54) is 0 Å². The average Bonchev–Trinajstić information content (AvgIpc) is 2.46. The fourth-order valence-electron chi connectivity index (χ4n) is 2.07. The fourth-order valence-corrected chi connectivity index (χ4v) is 2.07. The molecule has 2 atom stereocenters. The summed E-state index contributed by atoms with van der Waals surface area (Å²) in [6.07, 6.45) is 3.85. The first kappa shape index (κ1) is 15.2. The van der Waals surface area contributed by atoms with Crippen molar-refractivity contribution in [2.45, 2.75) is 45.6 Å². The SMILES string of the molecule is CCCCC(CC)C(=O)NC(C#N)c1ccccc1. The zero-order chi connectivity index (χ0) is 14.1. The molecule has 1 rings (SSSR count). The summed E-state index contributed by atoms with van der Waals surface area (Å²) in [5.41, 5.74) is 0.837. The van der Waals surface area contributed by atoms with Gasteiger partial charge in [-0.05, 0) is 18.4 Å². The molecule has 0 aliphatic carbocycles. The number of hydrogen-bond acceptors (Lipinski definition) is 2. The van der Waals surface area contributed by atoms with Gasteiger partial charge in [0.1, 0.15) is 6.04 Å². The van der Waals surface area contributed by atoms with Crippen molar-refractivity contribution >= 4 is 5.91 Å². The predicted molar refractivity (Wildman–Crippen MR) is 76.2 cm³/mol. The van der Waals surface area contributed by atoms with Gasteiger partial charge < -0.3 is 5.32 Å². The maximum absolute atomic E-state index is 12.2. The molecule has 0 spiro atoms. The molecular formula is C16H22N2O. The highest BCUT2D eigenvalue weighted by Gasteiger charge is 2.20. The molecule has 1 amide bonds. The second kappa shape index (κ2) is 8.31. The number of unbranched alkanes of at least 4 members (excludes halogenated alkanes) is 1. The Kier molecular flexibility index (Phi) is 6.67. The summed E-state index contributed by atoms with van der Waals surface area (Å²) in [7, 11) is 0. The molecule has 0 saturated heterocycles. The number of rotatable bonds is 7. The van der Waals surface area contributed by atoms with Crippen LogP contribution in [0.5, 0.6) is 0 Å². The topological polar surface area (TPSA) is 52.9 Å². The summed E-state index contributed by atoms with van der Waals surface area (Å²) in [6, 6.07) is 11.0. The third-order valence-electron chi connectivity index (χ3n) is 3.32. The van der Waals surface area contributed by atoms with Gasteiger partial charge in [0.2, 0.25) is 5.91 Å². The van der Waals surface area contributed by atoms with Gasteiger partial charge in [-0.2, -0.15) is 5.26 Å². The Bertz CT molecular complexity index is 422. The highest BCUT2D eigenvalue weighted by atomic mass is 16.1. The molecule has 0 bridgehead atoms. The van der Waals surface area contributed by atoms with Crippen LogP contribution in [0.25, 0.3) is 0 Å². The minimum Gasteiger partial charge on any atom is -0.336 e. The molecule has 0 aliphatic heterocycles. The second-order valence-corrected chi connectivity index (χ2v) is 4.73. The highest BCUT2D eigenvalue weighted by Crippen LogP contribution is 2.16. The lowest BCUT2D eigenvalue weighted by Gasteiger charge is -2.17. The largest absolute Gasteiger partial charge is 0.336 e. The summed E-state index contributed by atoms with van der Waals surface area (Å²) < 4.78 is 0. The standard InChI is InChI=1S/C16H22N2O/c1-3-5-9-13(4-2)16(19)18-15(12-17)14-10-7-6-8-11-14/h6-8,10-11,13,15H,3-5,9H2,1-2H3,(H,18,19). The lowest BCUT2D eigenvalue weighted by Crippen LogP contribution is -2.33. The summed E-state index contributed by atoms with van der Waals surface area (Å²) in [6.45, 7) is 4.14. The van der Waals surface area contributed by atoms with E-state index in [-0.39, 0.29) is 11.8 Å². The van der Waals surface area contributed by atoms with Crippen LogP contribution in [0.1, 0.15) is 51.1 Å². The molecule has 2 unspecified atom stereocenters. The van der Waals surface area contributed by atoms with Crippen molar-refractivity contribution in [3.05, 3.63) is 35.9 Å². The zero-order valence-electron chi connectivity index (χ0n) is 11.7. The number of nitriles is 1. The minimum atomic E-state index is -0.552. The van der Waals surface area contributed by atoms with E-state index in [0.717, 1.165) is 31.2 Å². The van der Waals surface area contributed by atoms with Gasteiger partial charge in [0.05, 0.1) is 6.07 Å². The molecule has 19 heavy (non-hydrogen) atoms. The summed E-state index contributed by atoms with van der Waals surface area (Å²) in [5, 5.41) is 12.0. The average molecular weight is 258 g/mol. The van der Waals surface area contributed by atoms with Gasteiger partial charge >= 0.3 is 0 Å². The number of carbonyl (C=O) groups excluding carboxylic acids is 1. The van der Waals surface area contributed by atoms with Gasteiger partial charge in [-0.25, -0.2) is 0 Å². The Hall–Kier alpha value is -1.82. The summed E-state index contributed by atoms with van der Waals surface area (Å²) in [5.74, 6) is 0.00543. The van der Waals surface area contributed by atoms with Crippen LogP contribution < -0.4 is 5.32 Å². The van der Waals surface area contributed by atoms with Crippen LogP contribution in [0, 0.1) is 17.2 Å². The minimum absolute atomic E-state index is 0.00801. The quantitative estimate of drug-likeness (QED) is 0.812. The number of hydrogen-bond donors (Lipinski definition) is 1. The molecule has 1 N–H and O–H groups in total. The third kappa shape index (κ3) is 4.75. The molecule has 0 saturated carbocycles. The number of nitrogens with one attached hydrogen (secondary N) is 1. The van der Waals surface area contributed by atoms with Gasteiger partial charge in [0.25, 0.3) is 0 Å². The predicted octanol–water partition coefficient (Wildman–Crippen LogP) is 3.58. The number of nitrogens with zero attached hydrogens (tertiary/aromatic N) is 1. The van der Waals surface area contributed by atoms with E-state index in [9.17, 15) is 10.1 Å². The van der Waals surface area contributed by atoms with Crippen LogP contribution in [-0.2, 0) is 4.79 Å². The van der Waals surface area contributed by atoms with Crippen molar-refractivity contribution in [1.82, 2.24) is 5.32 Å². The summed E-state index contributed by atoms with van der Waals surface area (Å²) in [4.78, 5) is 12.2. The molecule has 0 fully saturated rings. The third-order valence-corrected chi connectivity index (χ3v) is 3.32. The lowest BCUT2D eigenvalue weighted by atomic mass is 9.97. The molecule has 3 nitrogen and oxygen atoms in total. The van der Waals surface area contributed by atoms with E-state index in [0.29, 0.717) is 0 Å². The number of carbonyl (C=O) groups is 1. The molecule has 102 valence electrons. The Morgan fingerprint density at radius 2 is 2.00 bits per heavy atom. The van der Waals surface area contributed by atoms with Crippen LogP contribution in [0.4, 0.5) is 0 Å². The number of benzene rings is 1. The molecule has 0 radical (unpaired) electrons. The van der Waals surface area contributed by atoms with E-state index >= 15 is 0 Å². The van der Waals surface area contributed by atoms with Crippen LogP contribution in [-0.4, -0.2) is 5.91 Å². The molecule has 1 aromatic carbocycles. The maximum Gasteiger partial charge on any atom is 0.224 e. The van der Waals surface area contributed by atoms with Gasteiger partial charge in [0.15, 0.2) is 0 Å². The Morgan fingerprint density at radius 1 is 1.32 bits per heavy atom. The van der Waals surface area contributed by atoms with Crippen LogP contribution in [0.2, 0.25) is 0 Å². The van der Waals surface area contributed by atoms with E-state index < -0.39 is 6.04 Å². The van der Waals surface area contributed by atoms with Crippen LogP contribution in [0.3, 0.4) is 0 Å². The number of amides is 1. The van der Waals surface area contributed by atoms with Crippen molar-refractivity contribution in [1.29, 1.82) is 5.26 Å². The van der Waals surface area contributed by atoms with Gasteiger partial charge in [0, 0.05) is 5.92 Å². The zero-order valence-corrected chi connectivity index (χ0v) is 11.7. The first-order valence-corrected chi connectivity index (χ1v) is 6.97. The second-order valence-electron chi connectivity index (χ2n) is 4.73. The Labute approximate surface area is 115 Å². The lowest BCUT2D eigenvalue weighted by molar-refractivity contribution is -0.125.